The van der Waals surface area contributed by atoms with Gasteiger partial charge in [-0.25, -0.2) is 4.79 Å². The molecule has 0 spiro atoms. The molecule has 0 unspecified atom stereocenters. The Bertz CT molecular complexity index is 573. The van der Waals surface area contributed by atoms with Crippen LogP contribution in [-0.4, -0.2) is 11.1 Å². The maximum absolute atomic E-state index is 11.3. The number of carbonyl (C=O) groups is 1. The quantitative estimate of drug-likeness (QED) is 0.889. The summed E-state index contributed by atoms with van der Waals surface area (Å²) in [6.45, 7) is 0. The summed E-state index contributed by atoms with van der Waals surface area (Å²) in [6, 6.07) is 19.5. The van der Waals surface area contributed by atoms with E-state index in [1.807, 2.05) is 66.7 Å². The van der Waals surface area contributed by atoms with Crippen LogP contribution in [0, 0.1) is 0 Å². The van der Waals surface area contributed by atoms with Crippen LogP contribution < -0.4 is 0 Å². The van der Waals surface area contributed by atoms with Crippen LogP contribution in [0.5, 0.6) is 0 Å². The van der Waals surface area contributed by atoms with E-state index in [4.69, 9.17) is 0 Å². The molecule has 2 nitrogen and oxygen atoms in total. The molecular formula is C16H12O2. The molecular weight excluding hydrogens is 224 g/mol. The first kappa shape index (κ1) is 10.8. The monoisotopic (exact) mass is 236 g/mol. The largest absolute Gasteiger partial charge is 0.478 e. The van der Waals surface area contributed by atoms with Crippen molar-refractivity contribution in [2.24, 2.45) is 0 Å². The molecule has 0 saturated carbocycles. The van der Waals surface area contributed by atoms with Crippen LogP contribution in [0.1, 0.15) is 11.1 Å². The second-order valence-electron chi connectivity index (χ2n) is 4.40. The molecule has 2 heteroatoms. The Morgan fingerprint density at radius 2 is 1.28 bits per heavy atom. The van der Waals surface area contributed by atoms with Crippen LogP contribution >= 0.6 is 0 Å². The van der Waals surface area contributed by atoms with Crippen molar-refractivity contribution in [3.05, 3.63) is 83.4 Å². The number of allylic oxidation sites excluding steroid dienone is 1. The number of carboxylic acid groups (broad SMARTS) is 1. The molecule has 1 aliphatic rings. The fourth-order valence-electron chi connectivity index (χ4n) is 2.46. The summed E-state index contributed by atoms with van der Waals surface area (Å²) in [5.74, 6) is -0.845. The standard InChI is InChI=1S/C16H12O2/c17-15(18)14-11-16(14,12-7-3-1-4-8-12)13-9-5-2-6-10-13/h1-11H,(H,17,18). The van der Waals surface area contributed by atoms with Gasteiger partial charge in [0, 0.05) is 0 Å². The number of hydrogen-bond acceptors (Lipinski definition) is 1. The van der Waals surface area contributed by atoms with Gasteiger partial charge in [-0.1, -0.05) is 66.7 Å². The Hall–Kier alpha value is -2.35. The fourth-order valence-corrected chi connectivity index (χ4v) is 2.46. The van der Waals surface area contributed by atoms with E-state index in [1.54, 1.807) is 0 Å². The summed E-state index contributed by atoms with van der Waals surface area (Å²) in [5, 5.41) is 9.24. The Morgan fingerprint density at radius 3 is 1.61 bits per heavy atom. The van der Waals surface area contributed by atoms with E-state index in [-0.39, 0.29) is 0 Å². The van der Waals surface area contributed by atoms with Crippen LogP contribution in [0.3, 0.4) is 0 Å². The first-order chi connectivity index (χ1) is 8.75. The zero-order valence-electron chi connectivity index (χ0n) is 9.71. The average molecular weight is 236 g/mol. The molecule has 0 atom stereocenters. The SMILES string of the molecule is O=C(O)C1=CC1(c1ccccc1)c1ccccc1. The molecule has 1 N–H and O–H groups in total. The molecule has 18 heavy (non-hydrogen) atoms. The normalized spacial score (nSPS) is 15.9. The van der Waals surface area contributed by atoms with Gasteiger partial charge in [-0.2, -0.15) is 0 Å². The Kier molecular flexibility index (Phi) is 2.30. The van der Waals surface area contributed by atoms with Crippen LogP contribution in [-0.2, 0) is 10.2 Å². The molecule has 0 aliphatic heterocycles. The first-order valence-corrected chi connectivity index (χ1v) is 5.83. The molecule has 1 aliphatic carbocycles. The zero-order chi connectivity index (χ0) is 12.6. The van der Waals surface area contributed by atoms with Crippen molar-refractivity contribution >= 4 is 5.97 Å². The van der Waals surface area contributed by atoms with Crippen molar-refractivity contribution < 1.29 is 9.90 Å². The van der Waals surface area contributed by atoms with E-state index in [2.05, 4.69) is 0 Å². The lowest BCUT2D eigenvalue weighted by Gasteiger charge is -2.18. The van der Waals surface area contributed by atoms with E-state index in [0.717, 1.165) is 11.1 Å². The lowest BCUT2D eigenvalue weighted by atomic mass is 9.83. The van der Waals surface area contributed by atoms with E-state index >= 15 is 0 Å². The third-order valence-electron chi connectivity index (χ3n) is 3.39. The predicted octanol–water partition coefficient (Wildman–Crippen LogP) is 3.00. The molecule has 0 aromatic heterocycles. The number of aliphatic carboxylic acids is 1. The Balaban J connectivity index is 2.12. The summed E-state index contributed by atoms with van der Waals surface area (Å²) in [7, 11) is 0. The van der Waals surface area contributed by atoms with Gasteiger partial charge in [0.25, 0.3) is 0 Å². The summed E-state index contributed by atoms with van der Waals surface area (Å²) < 4.78 is 0. The van der Waals surface area contributed by atoms with E-state index in [1.165, 1.54) is 0 Å². The van der Waals surface area contributed by atoms with E-state index in [9.17, 15) is 9.90 Å². The van der Waals surface area contributed by atoms with E-state index in [0.29, 0.717) is 5.57 Å². The molecule has 2 aromatic rings. The molecule has 88 valence electrons. The summed E-state index contributed by atoms with van der Waals surface area (Å²) >= 11 is 0. The van der Waals surface area contributed by atoms with Crippen molar-refractivity contribution in [2.45, 2.75) is 5.41 Å². The Morgan fingerprint density at radius 1 is 0.833 bits per heavy atom. The minimum absolute atomic E-state index is 0.458. The highest BCUT2D eigenvalue weighted by molar-refractivity contribution is 5.99. The van der Waals surface area contributed by atoms with Crippen LogP contribution in [0.25, 0.3) is 0 Å². The minimum atomic E-state index is -0.845. The predicted molar refractivity (Wildman–Crippen MR) is 69.4 cm³/mol. The second-order valence-corrected chi connectivity index (χ2v) is 4.40. The van der Waals surface area contributed by atoms with Gasteiger partial charge in [0.05, 0.1) is 11.0 Å². The van der Waals surface area contributed by atoms with Crippen molar-refractivity contribution in [2.75, 3.05) is 0 Å². The summed E-state index contributed by atoms with van der Waals surface area (Å²) in [6.07, 6.45) is 1.82. The topological polar surface area (TPSA) is 37.3 Å². The molecule has 0 heterocycles. The highest BCUT2D eigenvalue weighted by Gasteiger charge is 2.50. The molecule has 0 amide bonds. The van der Waals surface area contributed by atoms with Gasteiger partial charge in [0.15, 0.2) is 0 Å². The highest BCUT2D eigenvalue weighted by Crippen LogP contribution is 2.51. The number of carboxylic acids is 1. The summed E-state index contributed by atoms with van der Waals surface area (Å²) in [5.41, 5.74) is 1.94. The number of rotatable bonds is 3. The minimum Gasteiger partial charge on any atom is -0.478 e. The summed E-state index contributed by atoms with van der Waals surface area (Å²) in [4.78, 5) is 11.3. The number of hydrogen-bond donors (Lipinski definition) is 1. The van der Waals surface area contributed by atoms with Gasteiger partial charge >= 0.3 is 5.97 Å². The van der Waals surface area contributed by atoms with Crippen LogP contribution in [0.2, 0.25) is 0 Å². The average Bonchev–Trinajstić information content (AvgIpc) is 3.18. The van der Waals surface area contributed by atoms with Gasteiger partial charge in [0.2, 0.25) is 0 Å². The third kappa shape index (κ3) is 1.46. The van der Waals surface area contributed by atoms with Crippen molar-refractivity contribution in [3.8, 4) is 0 Å². The fraction of sp³-hybridized carbons (Fsp3) is 0.0625. The second kappa shape index (κ2) is 3.84. The molecule has 3 rings (SSSR count). The van der Waals surface area contributed by atoms with E-state index < -0.39 is 11.4 Å². The highest BCUT2D eigenvalue weighted by atomic mass is 16.4. The maximum atomic E-state index is 11.3. The molecule has 2 aromatic carbocycles. The van der Waals surface area contributed by atoms with Gasteiger partial charge in [-0.05, 0) is 11.1 Å². The van der Waals surface area contributed by atoms with Crippen LogP contribution in [0.4, 0.5) is 0 Å². The molecule has 0 fully saturated rings. The maximum Gasteiger partial charge on any atom is 0.332 e. The third-order valence-corrected chi connectivity index (χ3v) is 3.39. The number of benzene rings is 2. The van der Waals surface area contributed by atoms with Crippen LogP contribution in [0.15, 0.2) is 72.3 Å². The van der Waals surface area contributed by atoms with Gasteiger partial charge in [-0.15, -0.1) is 0 Å². The Labute approximate surface area is 105 Å². The smallest absolute Gasteiger partial charge is 0.332 e. The van der Waals surface area contributed by atoms with Gasteiger partial charge < -0.3 is 5.11 Å². The van der Waals surface area contributed by atoms with Gasteiger partial charge in [-0.3, -0.25) is 0 Å². The van der Waals surface area contributed by atoms with Crippen molar-refractivity contribution in [1.82, 2.24) is 0 Å². The first-order valence-electron chi connectivity index (χ1n) is 5.83. The lowest BCUT2D eigenvalue weighted by molar-refractivity contribution is -0.132. The zero-order valence-corrected chi connectivity index (χ0v) is 9.71. The van der Waals surface area contributed by atoms with Gasteiger partial charge in [0.1, 0.15) is 0 Å². The van der Waals surface area contributed by atoms with Crippen molar-refractivity contribution in [1.29, 1.82) is 0 Å². The lowest BCUT2D eigenvalue weighted by Crippen LogP contribution is -2.17. The molecule has 0 radical (unpaired) electrons. The molecule has 0 bridgehead atoms. The molecule has 0 saturated heterocycles. The van der Waals surface area contributed by atoms with Crippen molar-refractivity contribution in [3.63, 3.8) is 0 Å².